The van der Waals surface area contributed by atoms with Gasteiger partial charge in [0.15, 0.2) is 0 Å². The van der Waals surface area contributed by atoms with Crippen molar-refractivity contribution in [2.75, 3.05) is 25.0 Å². The maximum absolute atomic E-state index is 13.1. The highest BCUT2D eigenvalue weighted by atomic mass is 32.2. The fourth-order valence-electron chi connectivity index (χ4n) is 3.63. The lowest BCUT2D eigenvalue weighted by atomic mass is 10.0. The molecular formula is C20H22N2O4S. The lowest BCUT2D eigenvalue weighted by Gasteiger charge is -2.32. The van der Waals surface area contributed by atoms with Gasteiger partial charge in [0.05, 0.1) is 17.9 Å². The van der Waals surface area contributed by atoms with E-state index in [0.717, 1.165) is 24.2 Å². The highest BCUT2D eigenvalue weighted by Crippen LogP contribution is 2.29. The number of nitrogens with zero attached hydrogens (tertiary/aromatic N) is 1. The van der Waals surface area contributed by atoms with Gasteiger partial charge in [0, 0.05) is 24.7 Å². The predicted molar refractivity (Wildman–Crippen MR) is 102 cm³/mol. The summed E-state index contributed by atoms with van der Waals surface area (Å²) in [6.45, 7) is 1.46. The van der Waals surface area contributed by atoms with Gasteiger partial charge in [-0.15, -0.1) is 0 Å². The standard InChI is InChI=1S/C20H22N2O4S/c23-20-12-16-11-18(8-9-19(16)21-20)27(24,25)22-10-4-5-15(13-22)14-26-17-6-2-1-3-7-17/h1-3,6-9,11,15H,4-5,10,12-14H2,(H,21,23). The molecule has 0 spiro atoms. The zero-order valence-corrected chi connectivity index (χ0v) is 15.7. The topological polar surface area (TPSA) is 75.7 Å². The molecule has 0 aliphatic carbocycles. The van der Waals surface area contributed by atoms with Crippen LogP contribution in [0.4, 0.5) is 5.69 Å². The minimum Gasteiger partial charge on any atom is -0.493 e. The molecule has 1 amide bonds. The maximum Gasteiger partial charge on any atom is 0.243 e. The van der Waals surface area contributed by atoms with Gasteiger partial charge in [-0.3, -0.25) is 4.79 Å². The molecule has 1 saturated heterocycles. The number of sulfonamides is 1. The SMILES string of the molecule is O=C1Cc2cc(S(=O)(=O)N3CCCC(COc4ccccc4)C3)ccc2N1. The van der Waals surface area contributed by atoms with Crippen LogP contribution >= 0.6 is 0 Å². The average Bonchev–Trinajstić information content (AvgIpc) is 3.06. The van der Waals surface area contributed by atoms with Crippen molar-refractivity contribution in [3.8, 4) is 5.75 Å². The number of hydrogen-bond acceptors (Lipinski definition) is 4. The third-order valence-corrected chi connectivity index (χ3v) is 6.91. The molecule has 2 aromatic carbocycles. The maximum atomic E-state index is 13.1. The lowest BCUT2D eigenvalue weighted by Crippen LogP contribution is -2.41. The molecule has 0 bridgehead atoms. The molecule has 0 radical (unpaired) electrons. The minimum absolute atomic E-state index is 0.101. The number of rotatable bonds is 5. The molecule has 2 aromatic rings. The van der Waals surface area contributed by atoms with Gasteiger partial charge in [-0.1, -0.05) is 18.2 Å². The van der Waals surface area contributed by atoms with Crippen LogP contribution in [0, 0.1) is 5.92 Å². The Kier molecular flexibility index (Phi) is 4.88. The fourth-order valence-corrected chi connectivity index (χ4v) is 5.23. The Balaban J connectivity index is 1.45. The van der Waals surface area contributed by atoms with Crippen molar-refractivity contribution in [1.29, 1.82) is 0 Å². The number of anilines is 1. The normalized spacial score (nSPS) is 20.1. The van der Waals surface area contributed by atoms with E-state index >= 15 is 0 Å². The first-order valence-corrected chi connectivity index (χ1v) is 10.6. The largest absolute Gasteiger partial charge is 0.493 e. The molecule has 4 rings (SSSR count). The summed E-state index contributed by atoms with van der Waals surface area (Å²) in [6, 6.07) is 14.4. The molecule has 1 fully saturated rings. The molecular weight excluding hydrogens is 364 g/mol. The Morgan fingerprint density at radius 3 is 2.78 bits per heavy atom. The van der Waals surface area contributed by atoms with Crippen LogP contribution in [0.25, 0.3) is 0 Å². The number of carbonyl (C=O) groups is 1. The first-order chi connectivity index (χ1) is 13.0. The van der Waals surface area contributed by atoms with E-state index < -0.39 is 10.0 Å². The predicted octanol–water partition coefficient (Wildman–Crippen LogP) is 2.66. The van der Waals surface area contributed by atoms with Crippen LogP contribution in [0.1, 0.15) is 18.4 Å². The number of fused-ring (bicyclic) bond motifs is 1. The molecule has 2 heterocycles. The third kappa shape index (κ3) is 3.84. The minimum atomic E-state index is -3.58. The number of nitrogens with one attached hydrogen (secondary N) is 1. The summed E-state index contributed by atoms with van der Waals surface area (Å²) in [5.41, 5.74) is 1.44. The van der Waals surface area contributed by atoms with Gasteiger partial charge in [0.2, 0.25) is 15.9 Å². The molecule has 1 atom stereocenters. The third-order valence-electron chi connectivity index (χ3n) is 5.05. The number of benzene rings is 2. The summed E-state index contributed by atoms with van der Waals surface area (Å²) >= 11 is 0. The van der Waals surface area contributed by atoms with E-state index in [9.17, 15) is 13.2 Å². The second-order valence-corrected chi connectivity index (χ2v) is 8.98. The number of amides is 1. The van der Waals surface area contributed by atoms with Crippen LogP contribution in [-0.2, 0) is 21.2 Å². The molecule has 2 aliphatic rings. The number of para-hydroxylation sites is 1. The zero-order valence-electron chi connectivity index (χ0n) is 14.9. The van der Waals surface area contributed by atoms with Crippen LogP contribution < -0.4 is 10.1 Å². The fraction of sp³-hybridized carbons (Fsp3) is 0.350. The highest BCUT2D eigenvalue weighted by Gasteiger charge is 2.31. The zero-order chi connectivity index (χ0) is 18.9. The second kappa shape index (κ2) is 7.32. The Morgan fingerprint density at radius 1 is 1.15 bits per heavy atom. The van der Waals surface area contributed by atoms with Gasteiger partial charge in [-0.05, 0) is 48.7 Å². The summed E-state index contributed by atoms with van der Waals surface area (Å²) in [4.78, 5) is 11.8. The number of carbonyl (C=O) groups excluding carboxylic acids is 1. The Hall–Kier alpha value is -2.38. The molecule has 27 heavy (non-hydrogen) atoms. The van der Waals surface area contributed by atoms with Crippen molar-refractivity contribution < 1.29 is 17.9 Å². The van der Waals surface area contributed by atoms with Crippen molar-refractivity contribution in [2.45, 2.75) is 24.2 Å². The number of piperidine rings is 1. The van der Waals surface area contributed by atoms with Crippen molar-refractivity contribution in [3.63, 3.8) is 0 Å². The van der Waals surface area contributed by atoms with E-state index in [-0.39, 0.29) is 23.1 Å². The van der Waals surface area contributed by atoms with E-state index in [1.807, 2.05) is 30.3 Å². The van der Waals surface area contributed by atoms with Crippen molar-refractivity contribution >= 4 is 21.6 Å². The van der Waals surface area contributed by atoms with E-state index in [1.165, 1.54) is 0 Å². The first kappa shape index (κ1) is 18.0. The van der Waals surface area contributed by atoms with Gasteiger partial charge < -0.3 is 10.1 Å². The second-order valence-electron chi connectivity index (χ2n) is 7.04. The van der Waals surface area contributed by atoms with Crippen LogP contribution in [0.5, 0.6) is 5.75 Å². The molecule has 142 valence electrons. The lowest BCUT2D eigenvalue weighted by molar-refractivity contribution is -0.115. The summed E-state index contributed by atoms with van der Waals surface area (Å²) < 4.78 is 33.5. The van der Waals surface area contributed by atoms with Crippen LogP contribution in [0.3, 0.4) is 0 Å². The van der Waals surface area contributed by atoms with Crippen LogP contribution in [0.2, 0.25) is 0 Å². The molecule has 0 aromatic heterocycles. The van der Waals surface area contributed by atoms with E-state index in [4.69, 9.17) is 4.74 Å². The van der Waals surface area contributed by atoms with Crippen molar-refractivity contribution in [1.82, 2.24) is 4.31 Å². The molecule has 1 N–H and O–H groups in total. The monoisotopic (exact) mass is 386 g/mol. The van der Waals surface area contributed by atoms with Gasteiger partial charge in [0.1, 0.15) is 5.75 Å². The van der Waals surface area contributed by atoms with Gasteiger partial charge in [-0.25, -0.2) is 8.42 Å². The Labute approximate surface area is 159 Å². The quantitative estimate of drug-likeness (QED) is 0.857. The summed E-state index contributed by atoms with van der Waals surface area (Å²) in [6.07, 6.45) is 1.99. The number of ether oxygens (including phenoxy) is 1. The summed E-state index contributed by atoms with van der Waals surface area (Å²) in [5.74, 6) is 0.857. The first-order valence-electron chi connectivity index (χ1n) is 9.13. The van der Waals surface area contributed by atoms with E-state index in [0.29, 0.717) is 25.4 Å². The summed E-state index contributed by atoms with van der Waals surface area (Å²) in [5, 5.41) is 2.73. The van der Waals surface area contributed by atoms with Crippen LogP contribution in [-0.4, -0.2) is 38.3 Å². The van der Waals surface area contributed by atoms with E-state index in [1.54, 1.807) is 22.5 Å². The van der Waals surface area contributed by atoms with Crippen molar-refractivity contribution in [3.05, 3.63) is 54.1 Å². The van der Waals surface area contributed by atoms with Crippen molar-refractivity contribution in [2.24, 2.45) is 5.92 Å². The molecule has 7 heteroatoms. The molecule has 1 unspecified atom stereocenters. The van der Waals surface area contributed by atoms with Gasteiger partial charge in [-0.2, -0.15) is 4.31 Å². The number of hydrogen-bond donors (Lipinski definition) is 1. The van der Waals surface area contributed by atoms with Gasteiger partial charge >= 0.3 is 0 Å². The van der Waals surface area contributed by atoms with E-state index in [2.05, 4.69) is 5.32 Å². The Morgan fingerprint density at radius 2 is 1.96 bits per heavy atom. The molecule has 2 aliphatic heterocycles. The summed E-state index contributed by atoms with van der Waals surface area (Å²) in [7, 11) is -3.58. The Bertz CT molecular complexity index is 944. The van der Waals surface area contributed by atoms with Gasteiger partial charge in [0.25, 0.3) is 0 Å². The van der Waals surface area contributed by atoms with Crippen LogP contribution in [0.15, 0.2) is 53.4 Å². The average molecular weight is 386 g/mol. The molecule has 0 saturated carbocycles. The molecule has 6 nitrogen and oxygen atoms in total. The smallest absolute Gasteiger partial charge is 0.243 e. The highest BCUT2D eigenvalue weighted by molar-refractivity contribution is 7.89.